The number of benzene rings is 4. The lowest BCUT2D eigenvalue weighted by Crippen LogP contribution is -2.43. The number of amides is 3. The summed E-state index contributed by atoms with van der Waals surface area (Å²) >= 11 is 0. The molecule has 3 amide bonds. The average molecular weight is 741 g/mol. The third kappa shape index (κ3) is 9.46. The van der Waals surface area contributed by atoms with Crippen LogP contribution < -0.4 is 10.6 Å². The Morgan fingerprint density at radius 2 is 1.25 bits per heavy atom. The molecule has 55 heavy (non-hydrogen) atoms. The molecule has 0 saturated carbocycles. The van der Waals surface area contributed by atoms with Gasteiger partial charge in [0.2, 0.25) is 11.8 Å². The van der Waals surface area contributed by atoms with Crippen molar-refractivity contribution < 1.29 is 19.1 Å². The maximum atomic E-state index is 13.8. The number of rotatable bonds is 16. The number of nitrogens with one attached hydrogen (secondary N) is 4. The van der Waals surface area contributed by atoms with Crippen LogP contribution in [-0.4, -0.2) is 81.4 Å². The second-order valence-corrected chi connectivity index (χ2v) is 13.4. The fourth-order valence-electron chi connectivity index (χ4n) is 6.63. The lowest BCUT2D eigenvalue weighted by molar-refractivity contribution is -0.134. The van der Waals surface area contributed by atoms with Gasteiger partial charge in [0, 0.05) is 18.7 Å². The minimum atomic E-state index is -0.892. The van der Waals surface area contributed by atoms with E-state index in [0.29, 0.717) is 37.6 Å². The molecule has 0 spiro atoms. The zero-order valence-corrected chi connectivity index (χ0v) is 31.8. The van der Waals surface area contributed by atoms with Gasteiger partial charge in [0.05, 0.1) is 50.5 Å². The highest BCUT2D eigenvalue weighted by Gasteiger charge is 2.28. The van der Waals surface area contributed by atoms with Gasteiger partial charge in [-0.25, -0.2) is 14.8 Å². The van der Waals surface area contributed by atoms with Crippen LogP contribution in [0.2, 0.25) is 0 Å². The number of hydrogen-bond donors (Lipinski definition) is 4. The molecule has 2 aromatic heterocycles. The van der Waals surface area contributed by atoms with Crippen LogP contribution in [0.1, 0.15) is 49.9 Å². The van der Waals surface area contributed by atoms with Crippen molar-refractivity contribution >= 4 is 28.7 Å². The third-order valence-electron chi connectivity index (χ3n) is 9.43. The summed E-state index contributed by atoms with van der Waals surface area (Å²) in [6.45, 7) is 6.24. The van der Waals surface area contributed by atoms with Gasteiger partial charge < -0.3 is 35.1 Å². The number of carbonyl (C=O) groups excluding carboxylic acids is 3. The van der Waals surface area contributed by atoms with Gasteiger partial charge in [0.1, 0.15) is 17.7 Å². The van der Waals surface area contributed by atoms with E-state index in [1.54, 1.807) is 18.1 Å². The first-order valence-electron chi connectivity index (χ1n) is 18.6. The molecule has 4 aromatic carbocycles. The number of carbonyl (C=O) groups is 3. The molecule has 0 saturated heterocycles. The zero-order valence-electron chi connectivity index (χ0n) is 31.8. The molecule has 0 unspecified atom stereocenters. The number of methoxy groups -OCH3 is 1. The largest absolute Gasteiger partial charge is 0.453 e. The molecule has 12 heteroatoms. The lowest BCUT2D eigenvalue weighted by Gasteiger charge is -2.27. The highest BCUT2D eigenvalue weighted by Crippen LogP contribution is 2.30. The number of H-pyrrole nitrogens is 2. The van der Waals surface area contributed by atoms with Crippen molar-refractivity contribution in [3.8, 4) is 33.6 Å². The number of fused-ring (bicyclic) bond motifs is 1. The average Bonchev–Trinajstić information content (AvgIpc) is 3.89. The molecule has 0 aliphatic carbocycles. The summed E-state index contributed by atoms with van der Waals surface area (Å²) in [5, 5.41) is 7.83. The number of aromatic amines is 2. The van der Waals surface area contributed by atoms with Crippen molar-refractivity contribution in [2.45, 2.75) is 45.8 Å². The van der Waals surface area contributed by atoms with Crippen molar-refractivity contribution in [1.82, 2.24) is 40.4 Å². The molecule has 6 aromatic rings. The van der Waals surface area contributed by atoms with Gasteiger partial charge in [-0.3, -0.25) is 9.59 Å². The molecular weight excluding hydrogens is 693 g/mol. The fraction of sp³-hybridized carbons (Fsp3) is 0.279. The van der Waals surface area contributed by atoms with Crippen molar-refractivity contribution in [3.63, 3.8) is 0 Å². The van der Waals surface area contributed by atoms with Crippen molar-refractivity contribution in [2.75, 3.05) is 33.8 Å². The Hall–Kier alpha value is -6.27. The first kappa shape index (κ1) is 38.5. The molecule has 12 nitrogen and oxygen atoms in total. The number of aromatic nitrogens is 4. The van der Waals surface area contributed by atoms with Crippen LogP contribution in [0.4, 0.5) is 4.79 Å². The third-order valence-corrected chi connectivity index (χ3v) is 9.43. The van der Waals surface area contributed by atoms with Crippen LogP contribution in [0.15, 0.2) is 103 Å². The minimum absolute atomic E-state index is 0.0545. The summed E-state index contributed by atoms with van der Waals surface area (Å²) in [6.07, 6.45) is 4.55. The van der Waals surface area contributed by atoms with Gasteiger partial charge in [-0.05, 0) is 65.0 Å². The monoisotopic (exact) mass is 740 g/mol. The molecule has 0 aliphatic rings. The second kappa shape index (κ2) is 18.2. The van der Waals surface area contributed by atoms with Crippen LogP contribution in [0.3, 0.4) is 0 Å². The summed E-state index contributed by atoms with van der Waals surface area (Å²) in [5.41, 5.74) is 6.63. The highest BCUT2D eigenvalue weighted by molar-refractivity contribution is 5.91. The highest BCUT2D eigenvalue weighted by atomic mass is 16.5. The van der Waals surface area contributed by atoms with E-state index in [1.807, 2.05) is 48.4 Å². The number of hydrogen-bond acceptors (Lipinski definition) is 7. The van der Waals surface area contributed by atoms with E-state index in [0.717, 1.165) is 63.1 Å². The Labute approximate surface area is 321 Å². The predicted molar refractivity (Wildman–Crippen MR) is 215 cm³/mol. The SMILES string of the molecule is CCCN(Cc1ncc(-c2ccc(-c3ccc4cc(-c5cnc(CN(CCC)C(=O)[C@H](NC(=O)OC)c6ccccc6)[nH]5)ccc4c3)cc2)[nH]1)C(=O)CNC. The maximum Gasteiger partial charge on any atom is 0.407 e. The molecular formula is C43H48N8O4. The van der Waals surface area contributed by atoms with Gasteiger partial charge >= 0.3 is 6.09 Å². The maximum absolute atomic E-state index is 13.8. The molecule has 284 valence electrons. The van der Waals surface area contributed by atoms with Gasteiger partial charge in [-0.2, -0.15) is 0 Å². The summed E-state index contributed by atoms with van der Waals surface area (Å²) in [4.78, 5) is 58.0. The van der Waals surface area contributed by atoms with E-state index in [2.05, 4.69) is 98.2 Å². The fourth-order valence-corrected chi connectivity index (χ4v) is 6.63. The summed E-state index contributed by atoms with van der Waals surface area (Å²) in [5.74, 6) is 1.21. The molecule has 4 N–H and O–H groups in total. The summed E-state index contributed by atoms with van der Waals surface area (Å²) in [7, 11) is 3.05. The minimum Gasteiger partial charge on any atom is -0.453 e. The first-order chi connectivity index (χ1) is 26.8. The molecule has 1 atom stereocenters. The van der Waals surface area contributed by atoms with Crippen molar-refractivity contribution in [2.24, 2.45) is 0 Å². The van der Waals surface area contributed by atoms with E-state index >= 15 is 0 Å². The van der Waals surface area contributed by atoms with Crippen LogP contribution in [0, 0.1) is 0 Å². The van der Waals surface area contributed by atoms with E-state index in [-0.39, 0.29) is 18.4 Å². The summed E-state index contributed by atoms with van der Waals surface area (Å²) in [6, 6.07) is 29.4. The Kier molecular flexibility index (Phi) is 12.7. The zero-order chi connectivity index (χ0) is 38.7. The van der Waals surface area contributed by atoms with Gasteiger partial charge in [0.25, 0.3) is 0 Å². The van der Waals surface area contributed by atoms with Crippen LogP contribution >= 0.6 is 0 Å². The number of imidazole rings is 2. The Bertz CT molecular complexity index is 2210. The van der Waals surface area contributed by atoms with E-state index < -0.39 is 12.1 Å². The smallest absolute Gasteiger partial charge is 0.407 e. The Balaban J connectivity index is 1.13. The predicted octanol–water partition coefficient (Wildman–Crippen LogP) is 7.08. The summed E-state index contributed by atoms with van der Waals surface area (Å²) < 4.78 is 4.81. The number of ether oxygens (including phenoxy) is 1. The van der Waals surface area contributed by atoms with Gasteiger partial charge in [-0.15, -0.1) is 0 Å². The van der Waals surface area contributed by atoms with E-state index in [1.165, 1.54) is 7.11 Å². The van der Waals surface area contributed by atoms with E-state index in [4.69, 9.17) is 4.74 Å². The van der Waals surface area contributed by atoms with E-state index in [9.17, 15) is 14.4 Å². The first-order valence-corrected chi connectivity index (χ1v) is 18.6. The van der Waals surface area contributed by atoms with Crippen molar-refractivity contribution in [1.29, 1.82) is 0 Å². The van der Waals surface area contributed by atoms with Gasteiger partial charge in [-0.1, -0.05) is 92.7 Å². The van der Waals surface area contributed by atoms with Crippen LogP contribution in [0.5, 0.6) is 0 Å². The van der Waals surface area contributed by atoms with Crippen LogP contribution in [0.25, 0.3) is 44.4 Å². The second-order valence-electron chi connectivity index (χ2n) is 13.4. The lowest BCUT2D eigenvalue weighted by atomic mass is 9.98. The van der Waals surface area contributed by atoms with Crippen molar-refractivity contribution in [3.05, 3.63) is 121 Å². The molecule has 0 bridgehead atoms. The number of nitrogens with zero attached hydrogens (tertiary/aromatic N) is 4. The number of alkyl carbamates (subject to hydrolysis) is 1. The standard InChI is InChI=1S/C43H48N8O4/c1-5-20-50(40(52)26-44-3)27-38-45-24-36(47-38)30-14-12-29(13-15-30)32-16-17-34-23-35(19-18-33(34)22-32)37-25-46-39(48-37)28-51(21-6-2)42(53)41(49-43(54)55-4)31-10-8-7-9-11-31/h7-19,22-25,41,44H,5-6,20-21,26-28H2,1-4H3,(H,45,47)(H,46,48)(H,49,54)/t41-/m1/s1. The number of likely N-dealkylation sites (N-methyl/N-ethyl adjacent to an activating group) is 1. The Morgan fingerprint density at radius 3 is 1.87 bits per heavy atom. The van der Waals surface area contributed by atoms with Crippen LogP contribution in [-0.2, 0) is 27.4 Å². The molecule has 0 aliphatic heterocycles. The quantitative estimate of drug-likeness (QED) is 0.0829. The molecule has 2 heterocycles. The van der Waals surface area contributed by atoms with Gasteiger partial charge in [0.15, 0.2) is 0 Å². The molecule has 0 fully saturated rings. The topological polar surface area (TPSA) is 148 Å². The Morgan fingerprint density at radius 1 is 0.709 bits per heavy atom. The molecule has 6 rings (SSSR count). The molecule has 0 radical (unpaired) electrons. The normalized spacial score (nSPS) is 11.6.